The minimum Gasteiger partial charge on any atom is -0.314 e. The van der Waals surface area contributed by atoms with Crippen molar-refractivity contribution in [1.82, 2.24) is 10.3 Å². The van der Waals surface area contributed by atoms with Crippen molar-refractivity contribution in [3.8, 4) is 0 Å². The molecule has 1 N–H and O–H groups in total. The van der Waals surface area contributed by atoms with Crippen molar-refractivity contribution < 1.29 is 0 Å². The van der Waals surface area contributed by atoms with Gasteiger partial charge in [0.05, 0.1) is 5.52 Å². The molecule has 1 saturated carbocycles. The lowest BCUT2D eigenvalue weighted by atomic mass is 10.0. The van der Waals surface area contributed by atoms with Crippen LogP contribution in [0.4, 0.5) is 0 Å². The Morgan fingerprint density at radius 2 is 2.15 bits per heavy atom. The highest BCUT2D eigenvalue weighted by Crippen LogP contribution is 2.34. The molecule has 0 saturated heterocycles. The van der Waals surface area contributed by atoms with Gasteiger partial charge in [-0.2, -0.15) is 0 Å². The number of rotatable bonds is 7. The molecule has 0 radical (unpaired) electrons. The zero-order chi connectivity index (χ0) is 13.8. The highest BCUT2D eigenvalue weighted by Gasteiger charge is 2.30. The van der Waals surface area contributed by atoms with Crippen LogP contribution >= 0.6 is 0 Å². The van der Waals surface area contributed by atoms with Crippen molar-refractivity contribution in [2.24, 2.45) is 5.92 Å². The lowest BCUT2D eigenvalue weighted by Gasteiger charge is -2.17. The number of aromatic nitrogens is 1. The van der Waals surface area contributed by atoms with Gasteiger partial charge in [0.25, 0.3) is 0 Å². The fourth-order valence-electron chi connectivity index (χ4n) is 2.91. The van der Waals surface area contributed by atoms with Crippen LogP contribution < -0.4 is 5.32 Å². The Kier molecular flexibility index (Phi) is 4.31. The molecule has 20 heavy (non-hydrogen) atoms. The van der Waals surface area contributed by atoms with Crippen molar-refractivity contribution in [3.63, 3.8) is 0 Å². The van der Waals surface area contributed by atoms with Gasteiger partial charge < -0.3 is 5.32 Å². The third-order valence-electron chi connectivity index (χ3n) is 4.24. The number of nitrogens with zero attached hydrogens (tertiary/aromatic N) is 1. The van der Waals surface area contributed by atoms with Crippen molar-refractivity contribution in [2.75, 3.05) is 6.54 Å². The largest absolute Gasteiger partial charge is 0.314 e. The maximum absolute atomic E-state index is 4.56. The number of pyridine rings is 1. The second kappa shape index (κ2) is 6.36. The van der Waals surface area contributed by atoms with Crippen LogP contribution in [0.25, 0.3) is 10.9 Å². The lowest BCUT2D eigenvalue weighted by Crippen LogP contribution is -2.32. The van der Waals surface area contributed by atoms with Gasteiger partial charge >= 0.3 is 0 Å². The van der Waals surface area contributed by atoms with E-state index in [1.807, 2.05) is 12.3 Å². The summed E-state index contributed by atoms with van der Waals surface area (Å²) < 4.78 is 0. The highest BCUT2D eigenvalue weighted by molar-refractivity contribution is 5.78. The molecule has 1 aliphatic rings. The Labute approximate surface area is 121 Å². The fraction of sp³-hybridized carbons (Fsp3) is 0.500. The number of nitrogens with one attached hydrogen (secondary N) is 1. The molecule has 2 aromatic rings. The average Bonchev–Trinajstić information content (AvgIpc) is 3.32. The lowest BCUT2D eigenvalue weighted by molar-refractivity contribution is 0.435. The normalized spacial score (nSPS) is 16.4. The molecule has 1 unspecified atom stereocenters. The summed E-state index contributed by atoms with van der Waals surface area (Å²) in [5.41, 5.74) is 2.46. The zero-order valence-corrected chi connectivity index (χ0v) is 12.3. The molecule has 0 aliphatic heterocycles. The van der Waals surface area contributed by atoms with Gasteiger partial charge in [-0.05, 0) is 62.3 Å². The molecule has 1 aromatic heterocycles. The van der Waals surface area contributed by atoms with Gasteiger partial charge in [0, 0.05) is 17.6 Å². The number of para-hydroxylation sites is 1. The Morgan fingerprint density at radius 3 is 2.95 bits per heavy atom. The van der Waals surface area contributed by atoms with Crippen molar-refractivity contribution in [2.45, 2.75) is 45.1 Å². The van der Waals surface area contributed by atoms with Crippen LogP contribution in [0.3, 0.4) is 0 Å². The maximum Gasteiger partial charge on any atom is 0.0702 e. The van der Waals surface area contributed by atoms with Gasteiger partial charge in [-0.3, -0.25) is 4.98 Å². The number of hydrogen-bond donors (Lipinski definition) is 1. The van der Waals surface area contributed by atoms with Crippen molar-refractivity contribution in [3.05, 3.63) is 42.1 Å². The molecule has 1 fully saturated rings. The number of hydrogen-bond acceptors (Lipinski definition) is 2. The van der Waals surface area contributed by atoms with Gasteiger partial charge in [-0.15, -0.1) is 0 Å². The van der Waals surface area contributed by atoms with E-state index in [-0.39, 0.29) is 0 Å². The number of benzene rings is 1. The first-order valence-corrected chi connectivity index (χ1v) is 7.94. The van der Waals surface area contributed by atoms with Crippen molar-refractivity contribution >= 4 is 10.9 Å². The van der Waals surface area contributed by atoms with E-state index in [2.05, 4.69) is 41.5 Å². The van der Waals surface area contributed by atoms with E-state index >= 15 is 0 Å². The molecule has 3 rings (SSSR count). The molecule has 0 amide bonds. The van der Waals surface area contributed by atoms with Crippen LogP contribution in [0.5, 0.6) is 0 Å². The molecule has 0 bridgehead atoms. The minimum atomic E-state index is 0.710. The average molecular weight is 268 g/mol. The Bertz CT molecular complexity index is 560. The third kappa shape index (κ3) is 3.37. The summed E-state index contributed by atoms with van der Waals surface area (Å²) in [6.07, 6.45) is 8.47. The molecule has 1 heterocycles. The molecule has 0 spiro atoms. The summed E-state index contributed by atoms with van der Waals surface area (Å²) in [7, 11) is 0. The molecule has 1 atom stereocenters. The Morgan fingerprint density at radius 1 is 1.30 bits per heavy atom. The minimum absolute atomic E-state index is 0.710. The highest BCUT2D eigenvalue weighted by atomic mass is 14.9. The molecule has 2 nitrogen and oxygen atoms in total. The first-order valence-electron chi connectivity index (χ1n) is 7.94. The summed E-state index contributed by atoms with van der Waals surface area (Å²) in [5.74, 6) is 0.926. The molecular weight excluding hydrogens is 244 g/mol. The summed E-state index contributed by atoms with van der Waals surface area (Å²) in [6.45, 7) is 3.39. The summed E-state index contributed by atoms with van der Waals surface area (Å²) in [6, 6.07) is 11.4. The first kappa shape index (κ1) is 13.6. The smallest absolute Gasteiger partial charge is 0.0702 e. The second-order valence-corrected chi connectivity index (χ2v) is 5.97. The van der Waals surface area contributed by atoms with E-state index in [0.29, 0.717) is 6.04 Å². The van der Waals surface area contributed by atoms with E-state index in [4.69, 9.17) is 0 Å². The first-order chi connectivity index (χ1) is 9.86. The molecule has 106 valence electrons. The second-order valence-electron chi connectivity index (χ2n) is 5.97. The monoisotopic (exact) mass is 268 g/mol. The fourth-order valence-corrected chi connectivity index (χ4v) is 2.91. The van der Waals surface area contributed by atoms with Gasteiger partial charge in [-0.25, -0.2) is 0 Å². The van der Waals surface area contributed by atoms with E-state index in [1.165, 1.54) is 36.6 Å². The standard InChI is InChI=1S/C18H24N2/c1-2-11-19-18(15-8-9-15)10-7-14-12-16-5-3-4-6-17(16)20-13-14/h3-6,12-13,15,18-19H,2,7-11H2,1H3. The SMILES string of the molecule is CCCNC(CCc1cnc2ccccc2c1)C1CC1. The zero-order valence-electron chi connectivity index (χ0n) is 12.3. The number of fused-ring (bicyclic) bond motifs is 1. The Balaban J connectivity index is 1.63. The molecule has 1 aliphatic carbocycles. The van der Waals surface area contributed by atoms with Crippen LogP contribution in [0, 0.1) is 5.92 Å². The van der Waals surface area contributed by atoms with Crippen LogP contribution in [0.1, 0.15) is 38.2 Å². The topological polar surface area (TPSA) is 24.9 Å². The quantitative estimate of drug-likeness (QED) is 0.822. The van der Waals surface area contributed by atoms with Crippen LogP contribution in [-0.4, -0.2) is 17.6 Å². The van der Waals surface area contributed by atoms with Gasteiger partial charge in [0.1, 0.15) is 0 Å². The predicted molar refractivity (Wildman–Crippen MR) is 84.9 cm³/mol. The van der Waals surface area contributed by atoms with E-state index in [9.17, 15) is 0 Å². The summed E-state index contributed by atoms with van der Waals surface area (Å²) in [4.78, 5) is 4.56. The van der Waals surface area contributed by atoms with Crippen LogP contribution in [-0.2, 0) is 6.42 Å². The Hall–Kier alpha value is -1.41. The molecular formula is C18H24N2. The van der Waals surface area contributed by atoms with Gasteiger partial charge in [-0.1, -0.05) is 25.1 Å². The van der Waals surface area contributed by atoms with E-state index in [1.54, 1.807) is 0 Å². The number of aryl methyl sites for hydroxylation is 1. The van der Waals surface area contributed by atoms with Crippen LogP contribution in [0.15, 0.2) is 36.5 Å². The molecule has 1 aromatic carbocycles. The maximum atomic E-state index is 4.56. The molecule has 2 heteroatoms. The van der Waals surface area contributed by atoms with Crippen LogP contribution in [0.2, 0.25) is 0 Å². The van der Waals surface area contributed by atoms with Gasteiger partial charge in [0.15, 0.2) is 0 Å². The van der Waals surface area contributed by atoms with Gasteiger partial charge in [0.2, 0.25) is 0 Å². The summed E-state index contributed by atoms with van der Waals surface area (Å²) >= 11 is 0. The summed E-state index contributed by atoms with van der Waals surface area (Å²) in [5, 5.41) is 4.98. The van der Waals surface area contributed by atoms with E-state index in [0.717, 1.165) is 24.4 Å². The van der Waals surface area contributed by atoms with Crippen molar-refractivity contribution in [1.29, 1.82) is 0 Å². The third-order valence-corrected chi connectivity index (χ3v) is 4.24. The van der Waals surface area contributed by atoms with E-state index < -0.39 is 0 Å². The predicted octanol–water partition coefficient (Wildman–Crippen LogP) is 3.95.